The molecule has 4 fully saturated rings. The number of nitrogens with zero attached hydrogens (tertiary/aromatic N) is 2. The van der Waals surface area contributed by atoms with Crippen molar-refractivity contribution in [3.63, 3.8) is 0 Å². The van der Waals surface area contributed by atoms with Gasteiger partial charge >= 0.3 is 7.12 Å². The van der Waals surface area contributed by atoms with Gasteiger partial charge in [0.15, 0.2) is 5.03 Å². The molecule has 0 spiro atoms. The van der Waals surface area contributed by atoms with Gasteiger partial charge in [0.05, 0.1) is 17.6 Å². The Kier molecular flexibility index (Phi) is 11.4. The normalized spacial score (nSPS) is 25.7. The molecule has 256 valence electrons. The second kappa shape index (κ2) is 14.7. The van der Waals surface area contributed by atoms with Crippen LogP contribution in [0.2, 0.25) is 0 Å². The van der Waals surface area contributed by atoms with Gasteiger partial charge in [0.25, 0.3) is 5.96 Å². The zero-order chi connectivity index (χ0) is 33.2. The zero-order valence-corrected chi connectivity index (χ0v) is 27.7. The molecular formula is C35H52BN5O6. The average molecular weight is 650 g/mol. The van der Waals surface area contributed by atoms with Gasteiger partial charge in [-0.05, 0) is 78.5 Å². The molecule has 1 aliphatic heterocycles. The van der Waals surface area contributed by atoms with E-state index in [9.17, 15) is 19.7 Å². The number of hydrazine groups is 1. The van der Waals surface area contributed by atoms with E-state index in [2.05, 4.69) is 44.9 Å². The Labute approximate surface area is 279 Å². The fraction of sp³-hybridized carbons (Fsp3) is 0.629. The van der Waals surface area contributed by atoms with Crippen LogP contribution in [0.25, 0.3) is 10.8 Å². The number of Topliss-reactive ketones (excluding diaryl/α,β-unsaturated/α-hetero) is 1. The fourth-order valence-corrected chi connectivity index (χ4v) is 8.03. The van der Waals surface area contributed by atoms with Crippen LogP contribution in [0.3, 0.4) is 0 Å². The van der Waals surface area contributed by atoms with Gasteiger partial charge in [-0.25, -0.2) is 15.1 Å². The molecule has 2 aromatic rings. The lowest BCUT2D eigenvalue weighted by Gasteiger charge is -2.64. The van der Waals surface area contributed by atoms with Crippen molar-refractivity contribution in [2.24, 2.45) is 39.8 Å². The van der Waals surface area contributed by atoms with Crippen molar-refractivity contribution in [3.8, 4) is 0 Å². The molecule has 47 heavy (non-hydrogen) atoms. The first-order valence-electron chi connectivity index (χ1n) is 16.6. The van der Waals surface area contributed by atoms with E-state index in [1.165, 1.54) is 0 Å². The third kappa shape index (κ3) is 8.15. The smallest absolute Gasteiger partial charge is 0.404 e. The summed E-state index contributed by atoms with van der Waals surface area (Å²) in [5.41, 5.74) is 8.10. The summed E-state index contributed by atoms with van der Waals surface area (Å²) >= 11 is 0. The largest absolute Gasteiger partial charge is 0.481 e. The minimum Gasteiger partial charge on any atom is -0.404 e. The highest BCUT2D eigenvalue weighted by molar-refractivity contribution is 6.47. The van der Waals surface area contributed by atoms with E-state index in [1.807, 2.05) is 47.9 Å². The number of hydrogen-bond donors (Lipinski definition) is 3. The van der Waals surface area contributed by atoms with Gasteiger partial charge < -0.3 is 20.4 Å². The van der Waals surface area contributed by atoms with Crippen molar-refractivity contribution in [1.82, 2.24) is 10.7 Å². The van der Waals surface area contributed by atoms with Crippen molar-refractivity contribution >= 4 is 35.5 Å². The molecule has 1 saturated heterocycles. The molecule has 6 atom stereocenters. The number of hydrogen-bond acceptors (Lipinski definition) is 7. The number of carbonyl (C=O) groups excluding carboxylic acids is 2. The molecule has 2 aromatic carbocycles. The minimum absolute atomic E-state index is 0. The lowest BCUT2D eigenvalue weighted by atomic mass is 9.43. The standard InChI is InChI=1S/C34H48BN5O6.CH4/c1-21(2)15-30(35-45-29-20-26-19-28(33(26,3)4)34(29,5)46-35)38-31(42)25(11-8-14-37-32(36)39-40(43)44)18-27(41)17-22-12-13-23-9-6-7-10-24(23)16-22;/h6-7,9-10,12-13,16,21,25-26,28-30H,8,11,14-15,17-20H2,1-5H3,(H,38,42)(H3,36,37,39);1H4/t25-,26+,28+,29-,30+,34+;/m1./s1. The van der Waals surface area contributed by atoms with E-state index in [4.69, 9.17) is 15.0 Å². The van der Waals surface area contributed by atoms with Gasteiger partial charge in [0, 0.05) is 25.3 Å². The maximum absolute atomic E-state index is 14.0. The summed E-state index contributed by atoms with van der Waals surface area (Å²) in [5, 5.41) is 15.3. The van der Waals surface area contributed by atoms with Gasteiger partial charge in [-0.15, -0.1) is 0 Å². The summed E-state index contributed by atoms with van der Waals surface area (Å²) in [7, 11) is -0.567. The Morgan fingerprint density at radius 2 is 1.87 bits per heavy atom. The van der Waals surface area contributed by atoms with E-state index < -0.39 is 23.7 Å². The topological polar surface area (TPSA) is 158 Å². The number of fused-ring (bicyclic) bond motifs is 1. The van der Waals surface area contributed by atoms with Gasteiger partial charge in [-0.1, -0.05) is 83.0 Å². The highest BCUT2D eigenvalue weighted by Crippen LogP contribution is 2.65. The SMILES string of the molecule is C.CC(C)C[C@H](NC(=O)[C@H](CCCN=C(N)N[N+](=O)[O-])CC(=O)Cc1ccc2ccccc2c1)B1O[C@@H]2C[C@@H]3C[C@@H](C3(C)C)[C@]2(C)O1. The van der Waals surface area contributed by atoms with E-state index in [1.54, 1.807) is 0 Å². The van der Waals surface area contributed by atoms with Crippen LogP contribution in [0.4, 0.5) is 0 Å². The van der Waals surface area contributed by atoms with Crippen molar-refractivity contribution < 1.29 is 23.9 Å². The summed E-state index contributed by atoms with van der Waals surface area (Å²) in [6.45, 7) is 11.2. The van der Waals surface area contributed by atoms with Crippen LogP contribution in [-0.4, -0.2) is 54.0 Å². The van der Waals surface area contributed by atoms with Crippen molar-refractivity contribution in [1.29, 1.82) is 0 Å². The molecule has 0 aromatic heterocycles. The van der Waals surface area contributed by atoms with Crippen molar-refractivity contribution in [3.05, 3.63) is 58.1 Å². The number of nitrogens with one attached hydrogen (secondary N) is 2. The second-order valence-electron chi connectivity index (χ2n) is 14.7. The van der Waals surface area contributed by atoms with Crippen LogP contribution in [0.1, 0.15) is 86.1 Å². The summed E-state index contributed by atoms with van der Waals surface area (Å²) in [5.74, 6) is -0.259. The Morgan fingerprint density at radius 1 is 1.15 bits per heavy atom. The number of nitro groups is 1. The van der Waals surface area contributed by atoms with Crippen LogP contribution in [0.15, 0.2) is 47.5 Å². The number of benzene rings is 2. The number of rotatable bonds is 14. The highest BCUT2D eigenvalue weighted by atomic mass is 16.7. The molecule has 3 aliphatic carbocycles. The second-order valence-corrected chi connectivity index (χ2v) is 14.7. The number of nitrogens with two attached hydrogens (primary N) is 1. The fourth-order valence-electron chi connectivity index (χ4n) is 8.03. The molecule has 6 rings (SSSR count). The maximum atomic E-state index is 14.0. The van der Waals surface area contributed by atoms with Gasteiger partial charge in [0.1, 0.15) is 5.78 Å². The first-order valence-corrected chi connectivity index (χ1v) is 16.6. The Balaban J connectivity index is 0.00000500. The summed E-state index contributed by atoms with van der Waals surface area (Å²) < 4.78 is 13.3. The first-order chi connectivity index (χ1) is 21.8. The van der Waals surface area contributed by atoms with Gasteiger partial charge in [0.2, 0.25) is 5.91 Å². The van der Waals surface area contributed by atoms with Crippen LogP contribution < -0.4 is 16.5 Å². The third-order valence-corrected chi connectivity index (χ3v) is 10.6. The Morgan fingerprint density at radius 3 is 2.55 bits per heavy atom. The predicted molar refractivity (Wildman–Crippen MR) is 185 cm³/mol. The third-order valence-electron chi connectivity index (χ3n) is 10.6. The lowest BCUT2D eigenvalue weighted by Crippen LogP contribution is -2.65. The van der Waals surface area contributed by atoms with Crippen LogP contribution in [-0.2, 0) is 25.3 Å². The molecule has 3 saturated carbocycles. The van der Waals surface area contributed by atoms with Crippen molar-refractivity contribution in [2.45, 2.75) is 105 Å². The Hall–Kier alpha value is -3.51. The Bertz CT molecular complexity index is 1480. The molecule has 2 bridgehead atoms. The lowest BCUT2D eigenvalue weighted by molar-refractivity contribution is -0.525. The number of ketones is 1. The molecule has 11 nitrogen and oxygen atoms in total. The summed E-state index contributed by atoms with van der Waals surface area (Å²) in [6.07, 6.45) is 3.83. The molecule has 1 heterocycles. The molecule has 0 radical (unpaired) electrons. The van der Waals surface area contributed by atoms with Crippen LogP contribution in [0.5, 0.6) is 0 Å². The summed E-state index contributed by atoms with van der Waals surface area (Å²) in [4.78, 5) is 42.0. The number of amides is 1. The monoisotopic (exact) mass is 649 g/mol. The number of aliphatic imine (C=N–C) groups is 1. The highest BCUT2D eigenvalue weighted by Gasteiger charge is 2.68. The first kappa shape index (κ1) is 36.3. The predicted octanol–water partition coefficient (Wildman–Crippen LogP) is 5.27. The summed E-state index contributed by atoms with van der Waals surface area (Å²) in [6, 6.07) is 14.0. The molecule has 4 aliphatic rings. The number of guanidine groups is 1. The van der Waals surface area contributed by atoms with Gasteiger partial charge in [-0.2, -0.15) is 0 Å². The van der Waals surface area contributed by atoms with Crippen LogP contribution in [0, 0.1) is 39.2 Å². The molecule has 0 unspecified atom stereocenters. The molecule has 1 amide bonds. The van der Waals surface area contributed by atoms with E-state index in [-0.39, 0.29) is 67.8 Å². The maximum Gasteiger partial charge on any atom is 0.481 e. The quantitative estimate of drug-likeness (QED) is 0.0624. The zero-order valence-electron chi connectivity index (χ0n) is 27.7. The molecular weight excluding hydrogens is 597 g/mol. The minimum atomic E-state index is -0.774. The van der Waals surface area contributed by atoms with E-state index in [0.29, 0.717) is 31.1 Å². The molecule has 12 heteroatoms. The van der Waals surface area contributed by atoms with Crippen molar-refractivity contribution in [2.75, 3.05) is 6.54 Å². The van der Waals surface area contributed by atoms with Gasteiger partial charge in [-0.3, -0.25) is 9.59 Å². The van der Waals surface area contributed by atoms with E-state index in [0.717, 1.165) is 29.2 Å². The van der Waals surface area contributed by atoms with Crippen LogP contribution >= 0.6 is 0 Å². The molecule has 4 N–H and O–H groups in total. The van der Waals surface area contributed by atoms with E-state index >= 15 is 0 Å². The average Bonchev–Trinajstić information content (AvgIpc) is 3.35. The number of carbonyl (C=O) groups is 2.